The highest BCUT2D eigenvalue weighted by Crippen LogP contribution is 2.28. The maximum Gasteiger partial charge on any atom is 0.422 e. The summed E-state index contributed by atoms with van der Waals surface area (Å²) in [5.74, 6) is -0.617. The lowest BCUT2D eigenvalue weighted by atomic mass is 10.2. The highest BCUT2D eigenvalue weighted by atomic mass is 35.5. The molecule has 0 aliphatic heterocycles. The fourth-order valence-corrected chi connectivity index (χ4v) is 4.51. The van der Waals surface area contributed by atoms with E-state index in [0.717, 1.165) is 0 Å². The number of anilines is 1. The number of hydrogen-bond acceptors (Lipinski definition) is 4. The number of alkyl halides is 3. The Morgan fingerprint density at radius 3 is 2.23 bits per heavy atom. The molecule has 11 heteroatoms. The van der Waals surface area contributed by atoms with Gasteiger partial charge in [0.15, 0.2) is 6.61 Å². The van der Waals surface area contributed by atoms with Gasteiger partial charge in [-0.15, -0.1) is 0 Å². The lowest BCUT2D eigenvalue weighted by Crippen LogP contribution is -2.30. The first kappa shape index (κ1) is 24.0. The molecule has 0 fully saturated rings. The summed E-state index contributed by atoms with van der Waals surface area (Å²) in [6.07, 6.45) is -4.46. The molecule has 0 saturated carbocycles. The molecule has 1 N–H and O–H groups in total. The van der Waals surface area contributed by atoms with Crippen LogP contribution in [0, 0.1) is 0 Å². The van der Waals surface area contributed by atoms with Crippen molar-refractivity contribution in [2.24, 2.45) is 0 Å². The van der Waals surface area contributed by atoms with Gasteiger partial charge in [-0.3, -0.25) is 4.79 Å². The van der Waals surface area contributed by atoms with Gasteiger partial charge in [0.05, 0.1) is 5.02 Å². The van der Waals surface area contributed by atoms with Gasteiger partial charge in [0, 0.05) is 24.3 Å². The minimum Gasteiger partial charge on any atom is -0.484 e. The van der Waals surface area contributed by atoms with Crippen LogP contribution < -0.4 is 10.1 Å². The molecule has 0 bridgehead atoms. The van der Waals surface area contributed by atoms with E-state index in [1.807, 2.05) is 0 Å². The number of ether oxygens (including phenoxy) is 1. The van der Waals surface area contributed by atoms with Gasteiger partial charge >= 0.3 is 6.18 Å². The van der Waals surface area contributed by atoms with Crippen molar-refractivity contribution in [3.05, 3.63) is 53.1 Å². The quantitative estimate of drug-likeness (QED) is 0.621. The van der Waals surface area contributed by atoms with Gasteiger partial charge < -0.3 is 10.1 Å². The van der Waals surface area contributed by atoms with E-state index in [2.05, 4.69) is 10.1 Å². The van der Waals surface area contributed by atoms with Crippen LogP contribution in [0.4, 0.5) is 18.9 Å². The third-order valence-electron chi connectivity index (χ3n) is 4.03. The highest BCUT2D eigenvalue weighted by Gasteiger charge is 2.28. The topological polar surface area (TPSA) is 75.7 Å². The summed E-state index contributed by atoms with van der Waals surface area (Å²) in [4.78, 5) is 12.3. The summed E-state index contributed by atoms with van der Waals surface area (Å²) < 4.78 is 67.8. The first-order valence-electron chi connectivity index (χ1n) is 8.88. The van der Waals surface area contributed by atoms with Crippen LogP contribution in [-0.4, -0.2) is 44.5 Å². The van der Waals surface area contributed by atoms with Gasteiger partial charge in [0.1, 0.15) is 10.6 Å². The number of carbonyl (C=O) groups excluding carboxylic acids is 1. The fourth-order valence-electron chi connectivity index (χ4n) is 2.55. The third kappa shape index (κ3) is 6.10. The summed E-state index contributed by atoms with van der Waals surface area (Å²) in [5.41, 5.74) is 0.352. The number of sulfonamides is 1. The van der Waals surface area contributed by atoms with Crippen LogP contribution in [0.1, 0.15) is 24.2 Å². The number of nitrogens with zero attached hydrogens (tertiary/aromatic N) is 1. The molecule has 0 atom stereocenters. The Morgan fingerprint density at radius 2 is 1.70 bits per heavy atom. The van der Waals surface area contributed by atoms with Crippen molar-refractivity contribution in [2.45, 2.75) is 24.9 Å². The van der Waals surface area contributed by atoms with Gasteiger partial charge in [-0.25, -0.2) is 8.42 Å². The first-order chi connectivity index (χ1) is 14.0. The molecule has 1 amide bonds. The maximum absolute atomic E-state index is 12.7. The molecule has 0 unspecified atom stereocenters. The third-order valence-corrected chi connectivity index (χ3v) is 6.56. The first-order valence-corrected chi connectivity index (χ1v) is 10.7. The highest BCUT2D eigenvalue weighted by molar-refractivity contribution is 7.89. The molecule has 0 aromatic heterocycles. The minimum atomic E-state index is -4.46. The Balaban J connectivity index is 2.18. The van der Waals surface area contributed by atoms with Crippen molar-refractivity contribution in [1.82, 2.24) is 4.31 Å². The zero-order valence-corrected chi connectivity index (χ0v) is 17.7. The number of halogens is 4. The van der Waals surface area contributed by atoms with E-state index in [0.29, 0.717) is 0 Å². The van der Waals surface area contributed by atoms with E-state index in [-0.39, 0.29) is 40.0 Å². The van der Waals surface area contributed by atoms with Crippen LogP contribution >= 0.6 is 11.6 Å². The maximum atomic E-state index is 12.7. The zero-order valence-electron chi connectivity index (χ0n) is 16.2. The summed E-state index contributed by atoms with van der Waals surface area (Å²) in [5, 5.41) is 2.57. The number of amides is 1. The lowest BCUT2D eigenvalue weighted by Gasteiger charge is -2.19. The van der Waals surface area contributed by atoms with E-state index in [1.54, 1.807) is 13.8 Å². The predicted octanol–water partition coefficient (Wildman–Crippen LogP) is 4.56. The molecule has 0 spiro atoms. The van der Waals surface area contributed by atoms with Crippen LogP contribution in [0.3, 0.4) is 0 Å². The summed E-state index contributed by atoms with van der Waals surface area (Å²) in [7, 11) is -3.84. The molecule has 164 valence electrons. The second kappa shape index (κ2) is 9.67. The molecular weight excluding hydrogens is 445 g/mol. The Kier molecular flexibility index (Phi) is 7.73. The Hall–Kier alpha value is -2.30. The van der Waals surface area contributed by atoms with Gasteiger partial charge in [-0.2, -0.15) is 17.5 Å². The molecule has 2 aromatic carbocycles. The van der Waals surface area contributed by atoms with E-state index >= 15 is 0 Å². The zero-order chi connectivity index (χ0) is 22.5. The van der Waals surface area contributed by atoms with E-state index in [9.17, 15) is 26.4 Å². The average molecular weight is 465 g/mol. The average Bonchev–Trinajstić information content (AvgIpc) is 2.68. The van der Waals surface area contributed by atoms with Gasteiger partial charge in [0.2, 0.25) is 10.0 Å². The molecule has 30 heavy (non-hydrogen) atoms. The second-order valence-electron chi connectivity index (χ2n) is 6.12. The smallest absolute Gasteiger partial charge is 0.422 e. The molecule has 2 rings (SSSR count). The van der Waals surface area contributed by atoms with Crippen molar-refractivity contribution in [1.29, 1.82) is 0 Å². The van der Waals surface area contributed by atoms with Crippen LogP contribution in [0.5, 0.6) is 5.75 Å². The van der Waals surface area contributed by atoms with E-state index in [1.165, 1.54) is 46.8 Å². The van der Waals surface area contributed by atoms with Gasteiger partial charge in [-0.05, 0) is 42.5 Å². The minimum absolute atomic E-state index is 0.0195. The Bertz CT molecular complexity index is 992. The number of nitrogens with one attached hydrogen (secondary N) is 1. The van der Waals surface area contributed by atoms with Crippen molar-refractivity contribution in [2.75, 3.05) is 25.0 Å². The van der Waals surface area contributed by atoms with E-state index < -0.39 is 28.7 Å². The molecule has 0 heterocycles. The van der Waals surface area contributed by atoms with Crippen LogP contribution in [0.25, 0.3) is 0 Å². The molecule has 6 nitrogen and oxygen atoms in total. The standard InChI is InChI=1S/C19H20ClF3N2O4S/c1-3-25(4-2)30(27,28)17-11-14(7-10-16(17)20)24-18(26)13-5-8-15(9-6-13)29-12-19(21,22)23/h5-11H,3-4,12H2,1-2H3,(H,24,26). The molecule has 0 aliphatic rings. The van der Waals surface area contributed by atoms with Crippen molar-refractivity contribution < 1.29 is 31.1 Å². The second-order valence-corrected chi connectivity index (χ2v) is 8.43. The van der Waals surface area contributed by atoms with Crippen LogP contribution in [-0.2, 0) is 10.0 Å². The number of benzene rings is 2. The van der Waals surface area contributed by atoms with E-state index in [4.69, 9.17) is 11.6 Å². The van der Waals surface area contributed by atoms with Crippen LogP contribution in [0.2, 0.25) is 5.02 Å². The van der Waals surface area contributed by atoms with Gasteiger partial charge in [0.25, 0.3) is 5.91 Å². The molecule has 0 radical (unpaired) electrons. The Morgan fingerprint density at radius 1 is 1.10 bits per heavy atom. The SMILES string of the molecule is CCN(CC)S(=O)(=O)c1cc(NC(=O)c2ccc(OCC(F)(F)F)cc2)ccc1Cl. The lowest BCUT2D eigenvalue weighted by molar-refractivity contribution is -0.153. The fraction of sp³-hybridized carbons (Fsp3) is 0.316. The van der Waals surface area contributed by atoms with Gasteiger partial charge in [-0.1, -0.05) is 25.4 Å². The summed E-state index contributed by atoms with van der Waals surface area (Å²) in [6, 6.07) is 9.13. The molecule has 2 aromatic rings. The largest absolute Gasteiger partial charge is 0.484 e. The number of carbonyl (C=O) groups is 1. The van der Waals surface area contributed by atoms with Crippen molar-refractivity contribution >= 4 is 33.2 Å². The predicted molar refractivity (Wildman–Crippen MR) is 108 cm³/mol. The van der Waals surface area contributed by atoms with Crippen LogP contribution in [0.15, 0.2) is 47.4 Å². The summed E-state index contributed by atoms with van der Waals surface area (Å²) >= 11 is 6.06. The number of hydrogen-bond donors (Lipinski definition) is 1. The van der Waals surface area contributed by atoms with Crippen molar-refractivity contribution in [3.8, 4) is 5.75 Å². The molecular formula is C19H20ClF3N2O4S. The Labute approximate surface area is 177 Å². The van der Waals surface area contributed by atoms with Crippen molar-refractivity contribution in [3.63, 3.8) is 0 Å². The normalized spacial score (nSPS) is 12.1. The molecule has 0 aliphatic carbocycles. The monoisotopic (exact) mass is 464 g/mol. The number of rotatable bonds is 8. The molecule has 0 saturated heterocycles. The summed E-state index contributed by atoms with van der Waals surface area (Å²) in [6.45, 7) is 2.47.